The molecule has 0 bridgehead atoms. The fraction of sp³-hybridized carbons (Fsp3) is 0.190. The van der Waals surface area contributed by atoms with E-state index >= 15 is 0 Å². The molecule has 0 saturated heterocycles. The Kier molecular flexibility index (Phi) is 5.24. The number of aromatic nitrogens is 2. The number of rotatable bonds is 7. The van der Waals surface area contributed by atoms with Crippen molar-refractivity contribution in [2.75, 3.05) is 23.1 Å². The van der Waals surface area contributed by atoms with Gasteiger partial charge in [0.1, 0.15) is 18.0 Å². The molecule has 4 rings (SSSR count). The normalized spacial score (nSPS) is 12.9. The van der Waals surface area contributed by atoms with Crippen LogP contribution in [0.25, 0.3) is 0 Å². The summed E-state index contributed by atoms with van der Waals surface area (Å²) >= 11 is 0. The smallest absolute Gasteiger partial charge is 0.227 e. The van der Waals surface area contributed by atoms with Crippen LogP contribution >= 0.6 is 0 Å². The van der Waals surface area contributed by atoms with Crippen molar-refractivity contribution >= 4 is 34.6 Å². The van der Waals surface area contributed by atoms with Crippen molar-refractivity contribution in [2.45, 2.75) is 12.8 Å². The Morgan fingerprint density at radius 2 is 1.76 bits per heavy atom. The molecule has 1 aliphatic rings. The van der Waals surface area contributed by atoms with Crippen LogP contribution in [0.5, 0.6) is 5.75 Å². The summed E-state index contributed by atoms with van der Waals surface area (Å²) in [5, 5.41) is 9.01. The second kappa shape index (κ2) is 8.14. The zero-order valence-corrected chi connectivity index (χ0v) is 15.8. The fourth-order valence-corrected chi connectivity index (χ4v) is 2.81. The Hall–Kier alpha value is -3.68. The molecule has 0 radical (unpaired) electrons. The number of hydrogen-bond acceptors (Lipinski definition) is 6. The van der Waals surface area contributed by atoms with E-state index in [0.717, 1.165) is 24.2 Å². The minimum Gasteiger partial charge on any atom is -0.494 e. The minimum absolute atomic E-state index is 0.0518. The largest absolute Gasteiger partial charge is 0.494 e. The molecule has 148 valence electrons. The molecule has 1 heterocycles. The number of hydrogen-bond donors (Lipinski definition) is 3. The van der Waals surface area contributed by atoms with Gasteiger partial charge in [-0.25, -0.2) is 14.4 Å². The van der Waals surface area contributed by atoms with E-state index in [1.807, 2.05) is 24.3 Å². The van der Waals surface area contributed by atoms with Crippen LogP contribution in [0.3, 0.4) is 0 Å². The van der Waals surface area contributed by atoms with Crippen LogP contribution in [-0.4, -0.2) is 23.0 Å². The molecule has 1 fully saturated rings. The molecule has 3 N–H and O–H groups in total. The lowest BCUT2D eigenvalue weighted by Gasteiger charge is -2.11. The highest BCUT2D eigenvalue weighted by atomic mass is 19.1. The third-order valence-electron chi connectivity index (χ3n) is 4.46. The van der Waals surface area contributed by atoms with Crippen molar-refractivity contribution < 1.29 is 13.9 Å². The van der Waals surface area contributed by atoms with Gasteiger partial charge in [0, 0.05) is 23.4 Å². The molecule has 0 spiro atoms. The first-order valence-electron chi connectivity index (χ1n) is 9.22. The average molecular weight is 393 g/mol. The van der Waals surface area contributed by atoms with Crippen LogP contribution in [0.15, 0.2) is 54.9 Å². The molecule has 0 atom stereocenters. The number of carbonyl (C=O) groups excluding carboxylic acids is 1. The summed E-state index contributed by atoms with van der Waals surface area (Å²) in [5.74, 6) is 0.786. The fourth-order valence-electron chi connectivity index (χ4n) is 2.81. The summed E-state index contributed by atoms with van der Waals surface area (Å²) in [4.78, 5) is 20.3. The predicted octanol–water partition coefficient (Wildman–Crippen LogP) is 4.46. The van der Waals surface area contributed by atoms with E-state index in [1.54, 1.807) is 24.3 Å². The number of carbonyl (C=O) groups is 1. The van der Waals surface area contributed by atoms with Crippen LogP contribution in [0.1, 0.15) is 12.8 Å². The number of nitrogens with zero attached hydrogens (tertiary/aromatic N) is 2. The number of amides is 1. The average Bonchev–Trinajstić information content (AvgIpc) is 3.56. The number of anilines is 5. The van der Waals surface area contributed by atoms with Crippen LogP contribution in [0.2, 0.25) is 0 Å². The third-order valence-corrected chi connectivity index (χ3v) is 4.46. The van der Waals surface area contributed by atoms with E-state index in [0.29, 0.717) is 11.6 Å². The standard InChI is InChI=1S/C21H20FN5O2/c1-29-17-7-3-6-16(20(17)22)27-19-11-18(23-12-24-19)25-14-4-2-5-15(10-14)26-21(28)13-8-9-13/h2-7,10-13H,8-9H2,1H3,(H,26,28)(H2,23,24,25,27). The molecule has 7 nitrogen and oxygen atoms in total. The zero-order valence-electron chi connectivity index (χ0n) is 15.8. The number of halogens is 1. The lowest BCUT2D eigenvalue weighted by atomic mass is 10.2. The summed E-state index contributed by atoms with van der Waals surface area (Å²) < 4.78 is 19.3. The summed E-state index contributed by atoms with van der Waals surface area (Å²) in [6.45, 7) is 0. The van der Waals surface area contributed by atoms with E-state index < -0.39 is 5.82 Å². The van der Waals surface area contributed by atoms with Crippen molar-refractivity contribution in [1.82, 2.24) is 9.97 Å². The number of methoxy groups -OCH3 is 1. The minimum atomic E-state index is -0.498. The summed E-state index contributed by atoms with van der Waals surface area (Å²) in [7, 11) is 1.41. The first-order valence-corrected chi connectivity index (χ1v) is 9.22. The monoisotopic (exact) mass is 393 g/mol. The van der Waals surface area contributed by atoms with Gasteiger partial charge >= 0.3 is 0 Å². The summed E-state index contributed by atoms with van der Waals surface area (Å²) in [6.07, 6.45) is 3.28. The van der Waals surface area contributed by atoms with Crippen molar-refractivity contribution in [1.29, 1.82) is 0 Å². The molecule has 2 aromatic carbocycles. The van der Waals surface area contributed by atoms with Gasteiger partial charge in [-0.3, -0.25) is 4.79 Å². The zero-order chi connectivity index (χ0) is 20.2. The molecular weight excluding hydrogens is 373 g/mol. The van der Waals surface area contributed by atoms with E-state index in [9.17, 15) is 9.18 Å². The SMILES string of the molecule is COc1cccc(Nc2cc(Nc3cccc(NC(=O)C4CC4)c3)ncn2)c1F. The summed E-state index contributed by atoms with van der Waals surface area (Å²) in [5.41, 5.74) is 1.73. The Morgan fingerprint density at radius 1 is 1.03 bits per heavy atom. The molecule has 29 heavy (non-hydrogen) atoms. The molecule has 0 unspecified atom stereocenters. The number of benzene rings is 2. The maximum atomic E-state index is 14.3. The second-order valence-corrected chi connectivity index (χ2v) is 6.70. The highest BCUT2D eigenvalue weighted by molar-refractivity contribution is 5.94. The highest BCUT2D eigenvalue weighted by Crippen LogP contribution is 2.31. The van der Waals surface area contributed by atoms with Crippen LogP contribution in [-0.2, 0) is 4.79 Å². The first-order chi connectivity index (χ1) is 14.1. The Labute approximate surface area is 167 Å². The van der Waals surface area contributed by atoms with Crippen molar-refractivity contribution in [3.8, 4) is 5.75 Å². The first kappa shape index (κ1) is 18.7. The molecule has 1 aromatic heterocycles. The summed E-state index contributed by atoms with van der Waals surface area (Å²) in [6, 6.07) is 13.9. The van der Waals surface area contributed by atoms with E-state index in [1.165, 1.54) is 13.4 Å². The van der Waals surface area contributed by atoms with Crippen LogP contribution < -0.4 is 20.7 Å². The molecule has 0 aliphatic heterocycles. The van der Waals surface area contributed by atoms with Gasteiger partial charge in [0.15, 0.2) is 11.6 Å². The van der Waals surface area contributed by atoms with Crippen molar-refractivity contribution in [3.05, 3.63) is 60.7 Å². The highest BCUT2D eigenvalue weighted by Gasteiger charge is 2.29. The van der Waals surface area contributed by atoms with Gasteiger partial charge < -0.3 is 20.7 Å². The van der Waals surface area contributed by atoms with Crippen LogP contribution in [0, 0.1) is 11.7 Å². The molecular formula is C21H20FN5O2. The van der Waals surface area contributed by atoms with Gasteiger partial charge in [-0.05, 0) is 43.2 Å². The van der Waals surface area contributed by atoms with Gasteiger partial charge in [-0.2, -0.15) is 0 Å². The predicted molar refractivity (Wildman–Crippen MR) is 109 cm³/mol. The lowest BCUT2D eigenvalue weighted by molar-refractivity contribution is -0.117. The van der Waals surface area contributed by atoms with Gasteiger partial charge in [0.2, 0.25) is 5.91 Å². The van der Waals surface area contributed by atoms with E-state index in [-0.39, 0.29) is 23.3 Å². The molecule has 1 aliphatic carbocycles. The van der Waals surface area contributed by atoms with Crippen LogP contribution in [0.4, 0.5) is 33.1 Å². The van der Waals surface area contributed by atoms with E-state index in [4.69, 9.17) is 4.74 Å². The number of nitrogens with one attached hydrogen (secondary N) is 3. The van der Waals surface area contributed by atoms with Crippen molar-refractivity contribution in [3.63, 3.8) is 0 Å². The Balaban J connectivity index is 1.47. The van der Waals surface area contributed by atoms with Crippen molar-refractivity contribution in [2.24, 2.45) is 5.92 Å². The maximum absolute atomic E-state index is 14.3. The quantitative estimate of drug-likeness (QED) is 0.549. The molecule has 1 saturated carbocycles. The second-order valence-electron chi connectivity index (χ2n) is 6.70. The number of ether oxygens (including phenoxy) is 1. The lowest BCUT2D eigenvalue weighted by Crippen LogP contribution is -2.13. The Morgan fingerprint density at radius 3 is 2.52 bits per heavy atom. The molecule has 8 heteroatoms. The van der Waals surface area contributed by atoms with Gasteiger partial charge in [-0.1, -0.05) is 12.1 Å². The molecule has 1 amide bonds. The Bertz CT molecular complexity index is 1040. The maximum Gasteiger partial charge on any atom is 0.227 e. The third kappa shape index (κ3) is 4.60. The topological polar surface area (TPSA) is 88.2 Å². The van der Waals surface area contributed by atoms with Gasteiger partial charge in [0.05, 0.1) is 12.8 Å². The van der Waals surface area contributed by atoms with Gasteiger partial charge in [-0.15, -0.1) is 0 Å². The van der Waals surface area contributed by atoms with Gasteiger partial charge in [0.25, 0.3) is 0 Å². The molecule has 3 aromatic rings. The van der Waals surface area contributed by atoms with E-state index in [2.05, 4.69) is 25.9 Å².